The van der Waals surface area contributed by atoms with Gasteiger partial charge >= 0.3 is 5.97 Å². The van der Waals surface area contributed by atoms with E-state index in [4.69, 9.17) is 5.11 Å². The predicted octanol–water partition coefficient (Wildman–Crippen LogP) is 0.955. The Balaban J connectivity index is 2.05. The van der Waals surface area contributed by atoms with Gasteiger partial charge in [-0.1, -0.05) is 0 Å². The Kier molecular flexibility index (Phi) is 5.73. The largest absolute Gasteiger partial charge is 0.480 e. The van der Waals surface area contributed by atoms with Crippen molar-refractivity contribution in [1.29, 1.82) is 0 Å². The zero-order valence-electron chi connectivity index (χ0n) is 13.4. The zero-order chi connectivity index (χ0) is 18.8. The number of hydrogen-bond donors (Lipinski definition) is 2. The van der Waals surface area contributed by atoms with Gasteiger partial charge in [0.1, 0.15) is 22.6 Å². The van der Waals surface area contributed by atoms with Crippen LogP contribution in [0, 0.1) is 17.6 Å². The van der Waals surface area contributed by atoms with Gasteiger partial charge < -0.3 is 10.4 Å². The Morgan fingerprint density at radius 2 is 1.88 bits per heavy atom. The number of carboxylic acid groups (broad SMARTS) is 1. The molecule has 1 atom stereocenters. The Morgan fingerprint density at radius 1 is 1.28 bits per heavy atom. The molecule has 0 saturated carbocycles. The van der Waals surface area contributed by atoms with Crippen molar-refractivity contribution in [2.45, 2.75) is 30.7 Å². The normalized spacial score (nSPS) is 17.9. The van der Waals surface area contributed by atoms with Crippen LogP contribution in [0.2, 0.25) is 0 Å². The molecule has 0 aliphatic carbocycles. The Morgan fingerprint density at radius 3 is 2.44 bits per heavy atom. The standard InChI is InChI=1S/C15H18F2N2O5S/c1-9(15(21)22)18-14(20)10-4-6-19(7-5-10)25(23,24)13-8-11(16)2-3-12(13)17/h2-3,8-10H,4-7H2,1H3,(H,18,20)(H,21,22). The lowest BCUT2D eigenvalue weighted by molar-refractivity contribution is -0.142. The highest BCUT2D eigenvalue weighted by Gasteiger charge is 2.34. The van der Waals surface area contributed by atoms with Gasteiger partial charge in [-0.25, -0.2) is 17.2 Å². The van der Waals surface area contributed by atoms with Crippen LogP contribution in [0.15, 0.2) is 23.1 Å². The van der Waals surface area contributed by atoms with Gasteiger partial charge in [0, 0.05) is 19.0 Å². The molecule has 2 rings (SSSR count). The highest BCUT2D eigenvalue weighted by atomic mass is 32.2. The number of rotatable bonds is 5. The number of carbonyl (C=O) groups is 2. The lowest BCUT2D eigenvalue weighted by Gasteiger charge is -2.31. The molecule has 1 unspecified atom stereocenters. The first-order chi connectivity index (χ1) is 11.6. The van der Waals surface area contributed by atoms with E-state index in [2.05, 4.69) is 5.32 Å². The van der Waals surface area contributed by atoms with Crippen molar-refractivity contribution in [1.82, 2.24) is 9.62 Å². The monoisotopic (exact) mass is 376 g/mol. The number of carboxylic acids is 1. The van der Waals surface area contributed by atoms with Crippen LogP contribution in [0.25, 0.3) is 0 Å². The van der Waals surface area contributed by atoms with Gasteiger partial charge in [0.05, 0.1) is 0 Å². The quantitative estimate of drug-likeness (QED) is 0.797. The van der Waals surface area contributed by atoms with Gasteiger partial charge in [0.25, 0.3) is 0 Å². The van der Waals surface area contributed by atoms with Gasteiger partial charge in [-0.3, -0.25) is 9.59 Å². The fourth-order valence-corrected chi connectivity index (χ4v) is 4.11. The van der Waals surface area contributed by atoms with Crippen molar-refractivity contribution in [3.63, 3.8) is 0 Å². The second-order valence-corrected chi connectivity index (χ2v) is 7.73. The van der Waals surface area contributed by atoms with E-state index in [1.54, 1.807) is 0 Å². The van der Waals surface area contributed by atoms with E-state index in [1.165, 1.54) is 6.92 Å². The summed E-state index contributed by atoms with van der Waals surface area (Å²) >= 11 is 0. The summed E-state index contributed by atoms with van der Waals surface area (Å²) < 4.78 is 52.9. The third kappa shape index (κ3) is 4.31. The lowest BCUT2D eigenvalue weighted by atomic mass is 9.97. The Hall–Kier alpha value is -2.07. The van der Waals surface area contributed by atoms with Crippen LogP contribution in [-0.4, -0.2) is 48.8 Å². The molecule has 1 fully saturated rings. The molecule has 0 radical (unpaired) electrons. The maximum Gasteiger partial charge on any atom is 0.325 e. The highest BCUT2D eigenvalue weighted by Crippen LogP contribution is 2.26. The predicted molar refractivity (Wildman–Crippen MR) is 83.1 cm³/mol. The number of benzene rings is 1. The number of carbonyl (C=O) groups excluding carboxylic acids is 1. The molecular weight excluding hydrogens is 358 g/mol. The summed E-state index contributed by atoms with van der Waals surface area (Å²) in [7, 11) is -4.21. The fraction of sp³-hybridized carbons (Fsp3) is 0.467. The van der Waals surface area contributed by atoms with Crippen molar-refractivity contribution in [2.24, 2.45) is 5.92 Å². The third-order valence-electron chi connectivity index (χ3n) is 4.06. The molecule has 0 spiro atoms. The third-order valence-corrected chi connectivity index (χ3v) is 5.98. The molecule has 1 aromatic rings. The van der Waals surface area contributed by atoms with Gasteiger partial charge in [-0.2, -0.15) is 4.31 Å². The minimum atomic E-state index is -4.21. The number of sulfonamides is 1. The number of hydrogen-bond acceptors (Lipinski definition) is 4. The summed E-state index contributed by atoms with van der Waals surface area (Å²) in [4.78, 5) is 22.0. The van der Waals surface area contributed by atoms with Crippen molar-refractivity contribution in [3.05, 3.63) is 29.8 Å². The molecule has 1 aliphatic rings. The molecule has 0 aromatic heterocycles. The molecule has 138 valence electrons. The van der Waals surface area contributed by atoms with E-state index in [0.717, 1.165) is 16.4 Å². The van der Waals surface area contributed by atoms with Crippen LogP contribution >= 0.6 is 0 Å². The molecule has 1 aromatic carbocycles. The molecule has 25 heavy (non-hydrogen) atoms. The highest BCUT2D eigenvalue weighted by molar-refractivity contribution is 7.89. The Labute approximate surface area is 143 Å². The molecule has 7 nitrogen and oxygen atoms in total. The number of halogens is 2. The smallest absolute Gasteiger partial charge is 0.325 e. The molecule has 2 N–H and O–H groups in total. The molecular formula is C15H18F2N2O5S. The average molecular weight is 376 g/mol. The van der Waals surface area contributed by atoms with Crippen LogP contribution in [0.5, 0.6) is 0 Å². The summed E-state index contributed by atoms with van der Waals surface area (Å²) in [6.45, 7) is 1.24. The number of piperidine rings is 1. The molecule has 10 heteroatoms. The fourth-order valence-electron chi connectivity index (χ4n) is 2.57. The summed E-state index contributed by atoms with van der Waals surface area (Å²) in [6, 6.07) is 1.15. The van der Waals surface area contributed by atoms with Crippen LogP contribution in [-0.2, 0) is 19.6 Å². The lowest BCUT2D eigenvalue weighted by Crippen LogP contribution is -2.46. The van der Waals surface area contributed by atoms with Gasteiger partial charge in [-0.15, -0.1) is 0 Å². The minimum Gasteiger partial charge on any atom is -0.480 e. The topological polar surface area (TPSA) is 104 Å². The van der Waals surface area contributed by atoms with E-state index in [1.807, 2.05) is 0 Å². The van der Waals surface area contributed by atoms with E-state index in [9.17, 15) is 26.8 Å². The van der Waals surface area contributed by atoms with Crippen LogP contribution in [0.1, 0.15) is 19.8 Å². The molecule has 1 heterocycles. The maximum atomic E-state index is 13.8. The van der Waals surface area contributed by atoms with E-state index < -0.39 is 50.4 Å². The van der Waals surface area contributed by atoms with Crippen molar-refractivity contribution < 1.29 is 31.9 Å². The van der Waals surface area contributed by atoms with E-state index in [-0.39, 0.29) is 25.9 Å². The van der Waals surface area contributed by atoms with Gasteiger partial charge in [-0.05, 0) is 38.0 Å². The van der Waals surface area contributed by atoms with E-state index >= 15 is 0 Å². The second kappa shape index (κ2) is 7.44. The first-order valence-corrected chi connectivity index (χ1v) is 9.05. The molecule has 1 aliphatic heterocycles. The molecule has 1 amide bonds. The van der Waals surface area contributed by atoms with Crippen LogP contribution in [0.3, 0.4) is 0 Å². The van der Waals surface area contributed by atoms with Gasteiger partial charge in [0.2, 0.25) is 15.9 Å². The number of amides is 1. The van der Waals surface area contributed by atoms with Crippen LogP contribution in [0.4, 0.5) is 8.78 Å². The molecule has 1 saturated heterocycles. The summed E-state index contributed by atoms with van der Waals surface area (Å²) in [5.41, 5.74) is 0. The first-order valence-electron chi connectivity index (χ1n) is 7.61. The van der Waals surface area contributed by atoms with Crippen molar-refractivity contribution >= 4 is 21.9 Å². The average Bonchev–Trinajstić information content (AvgIpc) is 2.56. The number of aliphatic carboxylic acids is 1. The second-order valence-electron chi connectivity index (χ2n) is 5.82. The maximum absolute atomic E-state index is 13.8. The minimum absolute atomic E-state index is 0.0438. The zero-order valence-corrected chi connectivity index (χ0v) is 14.2. The van der Waals surface area contributed by atoms with Crippen LogP contribution < -0.4 is 5.32 Å². The van der Waals surface area contributed by atoms with E-state index in [0.29, 0.717) is 6.07 Å². The summed E-state index contributed by atoms with van der Waals surface area (Å²) in [5, 5.41) is 11.1. The first kappa shape index (κ1) is 19.3. The molecule has 0 bridgehead atoms. The van der Waals surface area contributed by atoms with Gasteiger partial charge in [0.15, 0.2) is 0 Å². The van der Waals surface area contributed by atoms with Crippen molar-refractivity contribution in [2.75, 3.05) is 13.1 Å². The van der Waals surface area contributed by atoms with Crippen molar-refractivity contribution in [3.8, 4) is 0 Å². The summed E-state index contributed by atoms with van der Waals surface area (Å²) in [5.74, 6) is -4.09. The number of nitrogens with one attached hydrogen (secondary N) is 1. The number of nitrogens with zero attached hydrogens (tertiary/aromatic N) is 1. The SMILES string of the molecule is CC(NC(=O)C1CCN(S(=O)(=O)c2cc(F)ccc2F)CC1)C(=O)O. The Bertz CT molecular complexity index is 776. The summed E-state index contributed by atoms with van der Waals surface area (Å²) in [6.07, 6.45) is 0.322.